The van der Waals surface area contributed by atoms with Gasteiger partial charge >= 0.3 is 0 Å². The number of nitrogen functional groups attached to an aromatic ring is 1. The molecule has 4 heterocycles. The molecule has 3 N–H and O–H groups in total. The fraction of sp³-hybridized carbons (Fsp3) is 0.0833. The molecular formula is C24H19ClN8O. The van der Waals surface area contributed by atoms with Gasteiger partial charge in [-0.05, 0) is 36.4 Å². The van der Waals surface area contributed by atoms with Gasteiger partial charge in [-0.3, -0.25) is 19.4 Å². The number of rotatable bonds is 5. The molecule has 9 nitrogen and oxygen atoms in total. The van der Waals surface area contributed by atoms with Gasteiger partial charge in [-0.2, -0.15) is 5.10 Å². The topological polar surface area (TPSA) is 124 Å². The summed E-state index contributed by atoms with van der Waals surface area (Å²) in [6.07, 6.45) is 5.13. The predicted octanol–water partition coefficient (Wildman–Crippen LogP) is 3.65. The maximum atomic E-state index is 13.0. The van der Waals surface area contributed by atoms with Crippen LogP contribution in [0, 0.1) is 0 Å². The van der Waals surface area contributed by atoms with Crippen LogP contribution in [0.4, 0.5) is 5.82 Å². The van der Waals surface area contributed by atoms with Gasteiger partial charge < -0.3 is 11.1 Å². The van der Waals surface area contributed by atoms with Gasteiger partial charge in [0.05, 0.1) is 28.5 Å². The van der Waals surface area contributed by atoms with Crippen molar-refractivity contribution in [2.45, 2.75) is 6.54 Å². The number of halogens is 1. The molecule has 0 aliphatic rings. The summed E-state index contributed by atoms with van der Waals surface area (Å²) in [5.41, 5.74) is 9.68. The number of aryl methyl sites for hydroxylation is 1. The Bertz CT molecular complexity index is 1520. The molecule has 0 aliphatic heterocycles. The summed E-state index contributed by atoms with van der Waals surface area (Å²) in [5, 5.41) is 8.54. The number of carbonyl (C=O) groups is 1. The predicted molar refractivity (Wildman–Crippen MR) is 130 cm³/mol. The van der Waals surface area contributed by atoms with E-state index in [4.69, 9.17) is 17.3 Å². The molecule has 0 bridgehead atoms. The lowest BCUT2D eigenvalue weighted by molar-refractivity contribution is 0.0946. The highest BCUT2D eigenvalue weighted by atomic mass is 35.5. The van der Waals surface area contributed by atoms with E-state index >= 15 is 0 Å². The number of hydrogen-bond acceptors (Lipinski definition) is 7. The average Bonchev–Trinajstić information content (AvgIpc) is 3.29. The van der Waals surface area contributed by atoms with Crippen LogP contribution in [0.15, 0.2) is 67.1 Å². The highest BCUT2D eigenvalue weighted by Crippen LogP contribution is 2.34. The molecule has 1 amide bonds. The highest BCUT2D eigenvalue weighted by Gasteiger charge is 2.22. The fourth-order valence-corrected chi connectivity index (χ4v) is 3.85. The van der Waals surface area contributed by atoms with E-state index in [2.05, 4.69) is 30.4 Å². The molecule has 0 saturated heterocycles. The fourth-order valence-electron chi connectivity index (χ4n) is 3.58. The number of carbonyl (C=O) groups excluding carboxylic acids is 1. The van der Waals surface area contributed by atoms with Crippen LogP contribution >= 0.6 is 11.6 Å². The molecule has 0 radical (unpaired) electrons. The van der Waals surface area contributed by atoms with Gasteiger partial charge in [-0.1, -0.05) is 23.7 Å². The van der Waals surface area contributed by atoms with E-state index in [0.717, 1.165) is 5.39 Å². The van der Waals surface area contributed by atoms with Crippen molar-refractivity contribution in [2.75, 3.05) is 5.73 Å². The number of anilines is 1. The molecule has 34 heavy (non-hydrogen) atoms. The summed E-state index contributed by atoms with van der Waals surface area (Å²) in [6.45, 7) is 0.228. The zero-order valence-corrected chi connectivity index (χ0v) is 18.9. The van der Waals surface area contributed by atoms with Gasteiger partial charge in [0.15, 0.2) is 11.5 Å². The standard InChI is InChI=1S/C24H19ClN8O/c1-33-10-7-18(32-33)21-20(15-11-14-5-4-9-28-19(14)17(25)12-15)30-22(23(26)31-21)24(34)29-13-16-6-2-3-8-27-16/h2-12H,13H2,1H3,(H2,26,31)(H,29,34). The Kier molecular flexibility index (Phi) is 5.60. The van der Waals surface area contributed by atoms with Gasteiger partial charge in [-0.25, -0.2) is 9.97 Å². The van der Waals surface area contributed by atoms with Crippen LogP contribution in [0.3, 0.4) is 0 Å². The van der Waals surface area contributed by atoms with Crippen molar-refractivity contribution in [3.63, 3.8) is 0 Å². The molecular weight excluding hydrogens is 452 g/mol. The molecule has 10 heteroatoms. The molecule has 1 aromatic carbocycles. The lowest BCUT2D eigenvalue weighted by Crippen LogP contribution is -2.26. The number of hydrogen-bond donors (Lipinski definition) is 2. The first kappa shape index (κ1) is 21.5. The first-order chi connectivity index (χ1) is 16.5. The van der Waals surface area contributed by atoms with E-state index in [1.807, 2.05) is 36.4 Å². The van der Waals surface area contributed by atoms with Gasteiger partial charge in [-0.15, -0.1) is 0 Å². The second-order valence-corrected chi connectivity index (χ2v) is 7.97. The first-order valence-corrected chi connectivity index (χ1v) is 10.8. The molecule has 5 aromatic rings. The summed E-state index contributed by atoms with van der Waals surface area (Å²) < 4.78 is 1.65. The normalized spacial score (nSPS) is 11.0. The third-order valence-electron chi connectivity index (χ3n) is 5.18. The summed E-state index contributed by atoms with van der Waals surface area (Å²) >= 11 is 6.52. The molecule has 4 aromatic heterocycles. The van der Waals surface area contributed by atoms with E-state index in [1.165, 1.54) is 0 Å². The Morgan fingerprint density at radius 1 is 1.06 bits per heavy atom. The van der Waals surface area contributed by atoms with Crippen molar-refractivity contribution in [1.29, 1.82) is 0 Å². The summed E-state index contributed by atoms with van der Waals surface area (Å²) in [5.74, 6) is -0.463. The van der Waals surface area contributed by atoms with Crippen molar-refractivity contribution in [1.82, 2.24) is 35.0 Å². The minimum absolute atomic E-state index is 0.00326. The van der Waals surface area contributed by atoms with Gasteiger partial charge in [0.1, 0.15) is 11.4 Å². The maximum absolute atomic E-state index is 13.0. The lowest BCUT2D eigenvalue weighted by Gasteiger charge is -2.13. The number of fused-ring (bicyclic) bond motifs is 1. The summed E-state index contributed by atoms with van der Waals surface area (Å²) in [4.78, 5) is 30.7. The van der Waals surface area contributed by atoms with Gasteiger partial charge in [0.25, 0.3) is 5.91 Å². The second kappa shape index (κ2) is 8.87. The van der Waals surface area contributed by atoms with Crippen molar-refractivity contribution in [3.8, 4) is 22.6 Å². The number of nitrogens with two attached hydrogens (primary N) is 1. The number of nitrogens with one attached hydrogen (secondary N) is 1. The van der Waals surface area contributed by atoms with E-state index in [-0.39, 0.29) is 18.1 Å². The molecule has 0 atom stereocenters. The van der Waals surface area contributed by atoms with Crippen LogP contribution in [-0.2, 0) is 13.6 Å². The van der Waals surface area contributed by atoms with Crippen molar-refractivity contribution >= 4 is 34.2 Å². The minimum Gasteiger partial charge on any atom is -0.382 e. The van der Waals surface area contributed by atoms with Crippen LogP contribution in [-0.4, -0.2) is 35.6 Å². The summed E-state index contributed by atoms with van der Waals surface area (Å²) in [6, 6.07) is 14.7. The molecule has 0 spiro atoms. The highest BCUT2D eigenvalue weighted by molar-refractivity contribution is 6.35. The molecule has 0 aliphatic carbocycles. The molecule has 5 rings (SSSR count). The van der Waals surface area contributed by atoms with Crippen LogP contribution in [0.1, 0.15) is 16.2 Å². The molecule has 0 unspecified atom stereocenters. The number of pyridine rings is 2. The van der Waals surface area contributed by atoms with Gasteiger partial charge in [0.2, 0.25) is 0 Å². The van der Waals surface area contributed by atoms with Crippen LogP contribution < -0.4 is 11.1 Å². The van der Waals surface area contributed by atoms with E-state index in [1.54, 1.807) is 42.5 Å². The van der Waals surface area contributed by atoms with Crippen molar-refractivity contribution in [3.05, 3.63) is 83.5 Å². The number of benzene rings is 1. The second-order valence-electron chi connectivity index (χ2n) is 7.57. The lowest BCUT2D eigenvalue weighted by atomic mass is 10.0. The Balaban J connectivity index is 1.62. The largest absolute Gasteiger partial charge is 0.382 e. The first-order valence-electron chi connectivity index (χ1n) is 10.4. The van der Waals surface area contributed by atoms with Crippen LogP contribution in [0.25, 0.3) is 33.5 Å². The molecule has 0 saturated carbocycles. The Labute approximate surface area is 199 Å². The minimum atomic E-state index is -0.460. The van der Waals surface area contributed by atoms with E-state index < -0.39 is 5.91 Å². The van der Waals surface area contributed by atoms with E-state index in [0.29, 0.717) is 38.9 Å². The third kappa shape index (κ3) is 4.16. The van der Waals surface area contributed by atoms with Crippen molar-refractivity contribution in [2.24, 2.45) is 7.05 Å². The quantitative estimate of drug-likeness (QED) is 0.401. The monoisotopic (exact) mass is 470 g/mol. The zero-order valence-electron chi connectivity index (χ0n) is 18.1. The average molecular weight is 471 g/mol. The molecule has 168 valence electrons. The van der Waals surface area contributed by atoms with Crippen molar-refractivity contribution < 1.29 is 4.79 Å². The van der Waals surface area contributed by atoms with E-state index in [9.17, 15) is 4.79 Å². The summed E-state index contributed by atoms with van der Waals surface area (Å²) in [7, 11) is 1.80. The third-order valence-corrected chi connectivity index (χ3v) is 5.47. The zero-order chi connectivity index (χ0) is 23.7. The SMILES string of the molecule is Cn1ccc(-c2nc(N)c(C(=O)NCc3ccccn3)nc2-c2cc(Cl)c3ncccc3c2)n1. The Hall–Kier alpha value is -4.37. The van der Waals surface area contributed by atoms with Crippen LogP contribution in [0.2, 0.25) is 5.02 Å². The number of nitrogens with zero attached hydrogens (tertiary/aromatic N) is 6. The maximum Gasteiger partial charge on any atom is 0.274 e. The number of aromatic nitrogens is 6. The Morgan fingerprint density at radius 2 is 1.91 bits per heavy atom. The Morgan fingerprint density at radius 3 is 2.68 bits per heavy atom. The number of amides is 1. The molecule has 0 fully saturated rings. The van der Waals surface area contributed by atoms with Crippen LogP contribution in [0.5, 0.6) is 0 Å². The van der Waals surface area contributed by atoms with Gasteiger partial charge in [0, 0.05) is 36.6 Å². The smallest absolute Gasteiger partial charge is 0.274 e.